The third-order valence-electron chi connectivity index (χ3n) is 3.86. The van der Waals surface area contributed by atoms with Crippen molar-refractivity contribution in [3.63, 3.8) is 0 Å². The van der Waals surface area contributed by atoms with Crippen molar-refractivity contribution in [2.75, 3.05) is 33.9 Å². The molecule has 1 atom stereocenters. The summed E-state index contributed by atoms with van der Waals surface area (Å²) in [6, 6.07) is 9.10. The fraction of sp³-hybridized carbons (Fsp3) is 0.625. The third kappa shape index (κ3) is 4.69. The summed E-state index contributed by atoms with van der Waals surface area (Å²) >= 11 is 0. The Labute approximate surface area is 122 Å². The van der Waals surface area contributed by atoms with Gasteiger partial charge in [0.1, 0.15) is 18.1 Å². The van der Waals surface area contributed by atoms with Gasteiger partial charge in [-0.25, -0.2) is 0 Å². The standard InChI is InChI=1S/C16H26N2O2/c1-13(18(2)14-4-5-14)12-17-10-11-20-16-8-6-15(19-3)7-9-16/h6-9,13-14,17H,4-5,10-12H2,1-3H3. The summed E-state index contributed by atoms with van der Waals surface area (Å²) in [4.78, 5) is 2.47. The Morgan fingerprint density at radius 1 is 1.25 bits per heavy atom. The van der Waals surface area contributed by atoms with Gasteiger partial charge in [0.05, 0.1) is 7.11 Å². The molecule has 0 amide bonds. The second-order valence-electron chi connectivity index (χ2n) is 5.47. The van der Waals surface area contributed by atoms with Crippen LogP contribution in [0.4, 0.5) is 0 Å². The number of rotatable bonds is 9. The van der Waals surface area contributed by atoms with Gasteiger partial charge in [0, 0.05) is 25.2 Å². The minimum atomic E-state index is 0.587. The first-order chi connectivity index (χ1) is 9.70. The number of hydrogen-bond acceptors (Lipinski definition) is 4. The molecular formula is C16H26N2O2. The van der Waals surface area contributed by atoms with Crippen LogP contribution in [-0.2, 0) is 0 Å². The van der Waals surface area contributed by atoms with Crippen molar-refractivity contribution in [2.24, 2.45) is 0 Å². The Kier molecular flexibility index (Phi) is 5.68. The Balaban J connectivity index is 1.56. The Hall–Kier alpha value is -1.26. The summed E-state index contributed by atoms with van der Waals surface area (Å²) in [5.74, 6) is 1.74. The predicted octanol–water partition coefficient (Wildman–Crippen LogP) is 2.15. The first-order valence-corrected chi connectivity index (χ1v) is 7.40. The number of methoxy groups -OCH3 is 1. The fourth-order valence-electron chi connectivity index (χ4n) is 2.21. The lowest BCUT2D eigenvalue weighted by molar-refractivity contribution is 0.235. The molecule has 1 unspecified atom stereocenters. The van der Waals surface area contributed by atoms with E-state index < -0.39 is 0 Å². The maximum absolute atomic E-state index is 5.68. The van der Waals surface area contributed by atoms with Crippen LogP contribution in [0.3, 0.4) is 0 Å². The quantitative estimate of drug-likeness (QED) is 0.702. The zero-order chi connectivity index (χ0) is 14.4. The molecule has 1 aromatic rings. The van der Waals surface area contributed by atoms with Crippen LogP contribution in [0.15, 0.2) is 24.3 Å². The largest absolute Gasteiger partial charge is 0.497 e. The molecule has 1 fully saturated rings. The van der Waals surface area contributed by atoms with Gasteiger partial charge >= 0.3 is 0 Å². The predicted molar refractivity (Wildman–Crippen MR) is 81.6 cm³/mol. The molecule has 112 valence electrons. The van der Waals surface area contributed by atoms with Crippen molar-refractivity contribution in [1.29, 1.82) is 0 Å². The van der Waals surface area contributed by atoms with Crippen LogP contribution in [0.25, 0.3) is 0 Å². The number of hydrogen-bond donors (Lipinski definition) is 1. The van der Waals surface area contributed by atoms with Gasteiger partial charge in [-0.3, -0.25) is 4.90 Å². The Bertz CT molecular complexity index is 390. The Morgan fingerprint density at radius 3 is 2.50 bits per heavy atom. The molecule has 1 N–H and O–H groups in total. The van der Waals surface area contributed by atoms with Gasteiger partial charge in [0.25, 0.3) is 0 Å². The van der Waals surface area contributed by atoms with Gasteiger partial charge in [-0.15, -0.1) is 0 Å². The molecule has 0 aromatic heterocycles. The maximum atomic E-state index is 5.68. The minimum absolute atomic E-state index is 0.587. The summed E-state index contributed by atoms with van der Waals surface area (Å²) in [6.07, 6.45) is 2.73. The number of nitrogens with zero attached hydrogens (tertiary/aromatic N) is 1. The second kappa shape index (κ2) is 7.50. The van der Waals surface area contributed by atoms with E-state index in [0.29, 0.717) is 12.6 Å². The monoisotopic (exact) mass is 278 g/mol. The van der Waals surface area contributed by atoms with E-state index in [0.717, 1.165) is 30.6 Å². The van der Waals surface area contributed by atoms with Crippen LogP contribution >= 0.6 is 0 Å². The lowest BCUT2D eigenvalue weighted by Crippen LogP contribution is -2.40. The highest BCUT2D eigenvalue weighted by molar-refractivity contribution is 5.31. The summed E-state index contributed by atoms with van der Waals surface area (Å²) in [6.45, 7) is 4.84. The molecule has 1 aliphatic carbocycles. The van der Waals surface area contributed by atoms with Gasteiger partial charge in [-0.05, 0) is 51.1 Å². The topological polar surface area (TPSA) is 33.7 Å². The molecule has 1 aliphatic rings. The maximum Gasteiger partial charge on any atom is 0.119 e. The summed E-state index contributed by atoms with van der Waals surface area (Å²) < 4.78 is 10.8. The van der Waals surface area contributed by atoms with Crippen molar-refractivity contribution in [2.45, 2.75) is 31.8 Å². The number of likely N-dealkylation sites (N-methyl/N-ethyl adjacent to an activating group) is 1. The van der Waals surface area contributed by atoms with Crippen molar-refractivity contribution >= 4 is 0 Å². The van der Waals surface area contributed by atoms with Crippen LogP contribution < -0.4 is 14.8 Å². The van der Waals surface area contributed by atoms with Crippen LogP contribution in [0.5, 0.6) is 11.5 Å². The number of benzene rings is 1. The second-order valence-corrected chi connectivity index (χ2v) is 5.47. The van der Waals surface area contributed by atoms with Gasteiger partial charge in [0.2, 0.25) is 0 Å². The van der Waals surface area contributed by atoms with E-state index in [1.54, 1.807) is 7.11 Å². The fourth-order valence-corrected chi connectivity index (χ4v) is 2.21. The highest BCUT2D eigenvalue weighted by Gasteiger charge is 2.28. The lowest BCUT2D eigenvalue weighted by Gasteiger charge is -2.24. The van der Waals surface area contributed by atoms with Crippen molar-refractivity contribution < 1.29 is 9.47 Å². The number of ether oxygens (including phenoxy) is 2. The van der Waals surface area contributed by atoms with Crippen LogP contribution in [0.1, 0.15) is 19.8 Å². The van der Waals surface area contributed by atoms with E-state index in [4.69, 9.17) is 9.47 Å². The average molecular weight is 278 g/mol. The molecule has 1 saturated carbocycles. The smallest absolute Gasteiger partial charge is 0.119 e. The summed E-state index contributed by atoms with van der Waals surface area (Å²) in [5.41, 5.74) is 0. The van der Waals surface area contributed by atoms with Crippen LogP contribution in [-0.4, -0.2) is 50.8 Å². The highest BCUT2D eigenvalue weighted by atomic mass is 16.5. The van der Waals surface area contributed by atoms with Gasteiger partial charge in [-0.1, -0.05) is 0 Å². The van der Waals surface area contributed by atoms with E-state index in [2.05, 4.69) is 24.2 Å². The molecule has 0 radical (unpaired) electrons. The molecule has 0 spiro atoms. The molecule has 0 bridgehead atoms. The lowest BCUT2D eigenvalue weighted by atomic mass is 10.3. The van der Waals surface area contributed by atoms with Gasteiger partial charge in [0.15, 0.2) is 0 Å². The van der Waals surface area contributed by atoms with E-state index in [1.807, 2.05) is 24.3 Å². The Morgan fingerprint density at radius 2 is 1.90 bits per heavy atom. The first-order valence-electron chi connectivity index (χ1n) is 7.40. The van der Waals surface area contributed by atoms with Crippen LogP contribution in [0, 0.1) is 0 Å². The number of nitrogens with one attached hydrogen (secondary N) is 1. The first kappa shape index (κ1) is 15.1. The highest BCUT2D eigenvalue weighted by Crippen LogP contribution is 2.26. The third-order valence-corrected chi connectivity index (χ3v) is 3.86. The molecule has 0 heterocycles. The summed E-state index contributed by atoms with van der Waals surface area (Å²) in [7, 11) is 3.89. The van der Waals surface area contributed by atoms with Crippen LogP contribution in [0.2, 0.25) is 0 Å². The molecule has 2 rings (SSSR count). The zero-order valence-corrected chi connectivity index (χ0v) is 12.8. The van der Waals surface area contributed by atoms with E-state index >= 15 is 0 Å². The molecule has 20 heavy (non-hydrogen) atoms. The zero-order valence-electron chi connectivity index (χ0n) is 12.8. The average Bonchev–Trinajstić information content (AvgIpc) is 3.31. The van der Waals surface area contributed by atoms with Gasteiger partial charge in [-0.2, -0.15) is 0 Å². The molecule has 4 heteroatoms. The molecule has 0 saturated heterocycles. The van der Waals surface area contributed by atoms with E-state index in [-0.39, 0.29) is 0 Å². The molecule has 1 aromatic carbocycles. The van der Waals surface area contributed by atoms with Gasteiger partial charge < -0.3 is 14.8 Å². The summed E-state index contributed by atoms with van der Waals surface area (Å²) in [5, 5.41) is 3.45. The van der Waals surface area contributed by atoms with E-state index in [1.165, 1.54) is 12.8 Å². The van der Waals surface area contributed by atoms with Crippen molar-refractivity contribution in [3.8, 4) is 11.5 Å². The molecule has 4 nitrogen and oxygen atoms in total. The minimum Gasteiger partial charge on any atom is -0.497 e. The van der Waals surface area contributed by atoms with Crippen molar-refractivity contribution in [1.82, 2.24) is 10.2 Å². The molecule has 0 aliphatic heterocycles. The normalized spacial score (nSPS) is 16.2. The van der Waals surface area contributed by atoms with Crippen molar-refractivity contribution in [3.05, 3.63) is 24.3 Å². The van der Waals surface area contributed by atoms with E-state index in [9.17, 15) is 0 Å². The molecular weight excluding hydrogens is 252 g/mol. The SMILES string of the molecule is COc1ccc(OCCNCC(C)N(C)C2CC2)cc1.